The highest BCUT2D eigenvalue weighted by Crippen LogP contribution is 2.33. The molecule has 41 heavy (non-hydrogen) atoms. The number of hydrogen-bond acceptors (Lipinski definition) is 11. The maximum Gasteiger partial charge on any atom is 0.509 e. The van der Waals surface area contributed by atoms with Gasteiger partial charge in [0.1, 0.15) is 18.8 Å². The quantitative estimate of drug-likeness (QED) is 0.0570. The minimum Gasteiger partial charge on any atom is -0.452 e. The van der Waals surface area contributed by atoms with Gasteiger partial charge >= 0.3 is 17.8 Å². The summed E-state index contributed by atoms with van der Waals surface area (Å²) in [6, 6.07) is 9.46. The smallest absolute Gasteiger partial charge is 0.452 e. The number of nitrogens with zero attached hydrogens (tertiary/aromatic N) is 4. The SMILES string of the molecule is CC(C)(OC(=O)OCc1ccc([N+](=O)[O-])cc1)[C@H]1C(=O)N[C@@H]1CC(=O)C(=[N+]=[N-])C(=O)OCc1ccc([N+](=O)[O-])cc1. The third kappa shape index (κ3) is 7.54. The molecule has 16 heteroatoms. The lowest BCUT2D eigenvalue weighted by atomic mass is 9.75. The lowest BCUT2D eigenvalue weighted by molar-refractivity contribution is -0.385. The van der Waals surface area contributed by atoms with Crippen molar-refractivity contribution in [2.75, 3.05) is 0 Å². The molecule has 0 aliphatic carbocycles. The zero-order chi connectivity index (χ0) is 30.3. The number of carbonyl (C=O) groups excluding carboxylic acids is 4. The van der Waals surface area contributed by atoms with Crippen molar-refractivity contribution < 1.29 is 48.0 Å². The Labute approximate surface area is 231 Å². The van der Waals surface area contributed by atoms with Crippen LogP contribution in [0.5, 0.6) is 0 Å². The van der Waals surface area contributed by atoms with Gasteiger partial charge in [-0.3, -0.25) is 29.8 Å². The van der Waals surface area contributed by atoms with Gasteiger partial charge in [-0.2, -0.15) is 4.79 Å². The monoisotopic (exact) mass is 569 g/mol. The molecular weight excluding hydrogens is 546 g/mol. The van der Waals surface area contributed by atoms with Crippen molar-refractivity contribution in [3.8, 4) is 0 Å². The number of ketones is 1. The molecule has 214 valence electrons. The zero-order valence-electron chi connectivity index (χ0n) is 21.7. The molecule has 2 atom stereocenters. The van der Waals surface area contributed by atoms with E-state index in [1.165, 1.54) is 62.4 Å². The van der Waals surface area contributed by atoms with E-state index in [9.17, 15) is 44.9 Å². The molecule has 16 nitrogen and oxygen atoms in total. The number of nitrogens with one attached hydrogen (secondary N) is 1. The summed E-state index contributed by atoms with van der Waals surface area (Å²) in [7, 11) is 0. The Hall–Kier alpha value is -5.50. The zero-order valence-corrected chi connectivity index (χ0v) is 21.7. The number of β-lactam (4-membered cyclic amide) rings is 1. The molecule has 0 unspecified atom stereocenters. The summed E-state index contributed by atoms with van der Waals surface area (Å²) in [6.07, 6.45) is -1.63. The minimum atomic E-state index is -1.47. The van der Waals surface area contributed by atoms with Crippen molar-refractivity contribution in [1.29, 1.82) is 0 Å². The van der Waals surface area contributed by atoms with E-state index >= 15 is 0 Å². The highest BCUT2D eigenvalue weighted by atomic mass is 16.7. The molecule has 1 aliphatic rings. The number of amides is 1. The number of nitro groups is 2. The molecule has 0 aromatic heterocycles. The van der Waals surface area contributed by atoms with Gasteiger partial charge in [-0.25, -0.2) is 9.59 Å². The van der Waals surface area contributed by atoms with Crippen molar-refractivity contribution in [1.82, 2.24) is 5.32 Å². The van der Waals surface area contributed by atoms with Crippen LogP contribution in [0.25, 0.3) is 5.53 Å². The summed E-state index contributed by atoms with van der Waals surface area (Å²) >= 11 is 0. The lowest BCUT2D eigenvalue weighted by Gasteiger charge is -2.44. The number of non-ortho nitro benzene ring substituents is 2. The van der Waals surface area contributed by atoms with E-state index in [1.54, 1.807) is 0 Å². The maximum atomic E-state index is 12.7. The second-order valence-electron chi connectivity index (χ2n) is 9.34. The molecule has 0 bridgehead atoms. The number of esters is 1. The molecule has 1 saturated heterocycles. The molecule has 2 aromatic carbocycles. The van der Waals surface area contributed by atoms with Crippen molar-refractivity contribution >= 4 is 40.9 Å². The fourth-order valence-electron chi connectivity index (χ4n) is 4.01. The first-order valence-electron chi connectivity index (χ1n) is 11.9. The lowest BCUT2D eigenvalue weighted by Crippen LogP contribution is -2.67. The van der Waals surface area contributed by atoms with E-state index in [0.717, 1.165) is 0 Å². The van der Waals surface area contributed by atoms with Crippen molar-refractivity contribution in [2.45, 2.75) is 45.1 Å². The third-order valence-corrected chi connectivity index (χ3v) is 6.09. The molecule has 0 spiro atoms. The van der Waals surface area contributed by atoms with E-state index in [0.29, 0.717) is 11.1 Å². The Morgan fingerprint density at radius 3 is 1.85 bits per heavy atom. The fourth-order valence-corrected chi connectivity index (χ4v) is 4.01. The number of rotatable bonds is 12. The van der Waals surface area contributed by atoms with E-state index in [2.05, 4.69) is 10.1 Å². The number of hydrogen-bond donors (Lipinski definition) is 1. The van der Waals surface area contributed by atoms with Gasteiger partial charge in [-0.15, -0.1) is 0 Å². The Bertz CT molecular complexity index is 1430. The van der Waals surface area contributed by atoms with Crippen molar-refractivity contribution in [2.24, 2.45) is 5.92 Å². The van der Waals surface area contributed by atoms with Gasteiger partial charge < -0.3 is 25.1 Å². The average molecular weight is 569 g/mol. The predicted octanol–water partition coefficient (Wildman–Crippen LogP) is 2.42. The Balaban J connectivity index is 1.54. The number of ether oxygens (including phenoxy) is 3. The topological polar surface area (TPSA) is 231 Å². The summed E-state index contributed by atoms with van der Waals surface area (Å²) in [5.74, 6) is -3.80. The van der Waals surface area contributed by atoms with Crippen LogP contribution in [0, 0.1) is 26.1 Å². The Kier molecular flexibility index (Phi) is 9.21. The van der Waals surface area contributed by atoms with Gasteiger partial charge in [0.25, 0.3) is 17.2 Å². The van der Waals surface area contributed by atoms with Crippen LogP contribution in [0.15, 0.2) is 48.5 Å². The Morgan fingerprint density at radius 1 is 0.927 bits per heavy atom. The number of carbonyl (C=O) groups is 4. The molecule has 2 aromatic rings. The summed E-state index contributed by atoms with van der Waals surface area (Å²) in [4.78, 5) is 72.6. The van der Waals surface area contributed by atoms with Crippen molar-refractivity contribution in [3.05, 3.63) is 85.4 Å². The number of benzene rings is 2. The van der Waals surface area contributed by atoms with E-state index in [4.69, 9.17) is 14.2 Å². The molecule has 0 saturated carbocycles. The predicted molar refractivity (Wildman–Crippen MR) is 135 cm³/mol. The normalized spacial score (nSPS) is 15.8. The number of nitro benzene ring substituents is 2. The second kappa shape index (κ2) is 12.6. The van der Waals surface area contributed by atoms with Gasteiger partial charge in [0, 0.05) is 30.7 Å². The molecule has 1 aliphatic heterocycles. The van der Waals surface area contributed by atoms with Crippen LogP contribution in [0.4, 0.5) is 16.2 Å². The molecule has 0 radical (unpaired) electrons. The van der Waals surface area contributed by atoms with E-state index < -0.39 is 63.4 Å². The van der Waals surface area contributed by atoms with Crippen LogP contribution in [-0.2, 0) is 41.8 Å². The van der Waals surface area contributed by atoms with Crippen LogP contribution >= 0.6 is 0 Å². The first-order valence-corrected chi connectivity index (χ1v) is 11.9. The van der Waals surface area contributed by atoms with E-state index in [-0.39, 0.29) is 24.6 Å². The van der Waals surface area contributed by atoms with Gasteiger partial charge in [0.05, 0.1) is 21.8 Å². The van der Waals surface area contributed by atoms with Gasteiger partial charge in [0.2, 0.25) is 5.91 Å². The second-order valence-corrected chi connectivity index (χ2v) is 9.34. The summed E-state index contributed by atoms with van der Waals surface area (Å²) in [5.41, 5.74) is 7.35. The molecule has 1 N–H and O–H groups in total. The van der Waals surface area contributed by atoms with Gasteiger partial charge in [-0.05, 0) is 49.2 Å². The highest BCUT2D eigenvalue weighted by Gasteiger charge is 2.53. The standard InChI is InChI=1S/C25H23N5O11/c1-25(2,41-24(34)40-13-15-5-9-17(10-6-15)30(37)38)20-18(27-22(20)32)11-19(31)21(28-26)23(33)39-12-14-3-7-16(8-4-14)29(35)36/h3-10,18,20H,11-13H2,1-2H3,(H,27,32)/t18-,20-/m1/s1. The molecule has 3 rings (SSSR count). The summed E-state index contributed by atoms with van der Waals surface area (Å²) in [5, 5.41) is 23.9. The van der Waals surface area contributed by atoms with Crippen LogP contribution < -0.4 is 5.32 Å². The van der Waals surface area contributed by atoms with Crippen molar-refractivity contribution in [3.63, 3.8) is 0 Å². The fraction of sp³-hybridized carbons (Fsp3) is 0.320. The Morgan fingerprint density at radius 2 is 1.41 bits per heavy atom. The molecule has 1 amide bonds. The summed E-state index contributed by atoms with van der Waals surface area (Å²) in [6.45, 7) is 2.21. The maximum absolute atomic E-state index is 12.7. The average Bonchev–Trinajstić information content (AvgIpc) is 2.90. The van der Waals surface area contributed by atoms with Crippen LogP contribution in [0.1, 0.15) is 31.4 Å². The molecule has 1 heterocycles. The number of Topliss-reactive ketones (excluding diaryl/α,β-unsaturated/α-hetero) is 1. The first kappa shape index (κ1) is 30.0. The van der Waals surface area contributed by atoms with Gasteiger partial charge in [0.15, 0.2) is 0 Å². The van der Waals surface area contributed by atoms with E-state index in [1.807, 2.05) is 0 Å². The highest BCUT2D eigenvalue weighted by molar-refractivity contribution is 6.62. The largest absolute Gasteiger partial charge is 0.509 e. The third-order valence-electron chi connectivity index (χ3n) is 6.09. The first-order chi connectivity index (χ1) is 19.3. The molecule has 1 fully saturated rings. The summed E-state index contributed by atoms with van der Waals surface area (Å²) < 4.78 is 15.3. The molecular formula is C25H23N5O11. The van der Waals surface area contributed by atoms with Crippen LogP contribution in [0.2, 0.25) is 0 Å². The minimum absolute atomic E-state index is 0.138. The van der Waals surface area contributed by atoms with Gasteiger partial charge in [-0.1, -0.05) is 0 Å². The van der Waals surface area contributed by atoms with Crippen LogP contribution in [-0.4, -0.2) is 55.8 Å². The van der Waals surface area contributed by atoms with Crippen LogP contribution in [0.3, 0.4) is 0 Å².